The van der Waals surface area contributed by atoms with Gasteiger partial charge < -0.3 is 0 Å². The minimum atomic E-state index is -0.252. The van der Waals surface area contributed by atoms with Crippen molar-refractivity contribution in [2.75, 3.05) is 5.32 Å². The summed E-state index contributed by atoms with van der Waals surface area (Å²) < 4.78 is 0. The molecule has 24 heavy (non-hydrogen) atoms. The standard InChI is InChI=1S/C18H12N4OS/c23-17(22-18-19-8-4-9-20-18)13-11-15(16-7-3-10-24-16)21-14-6-2-1-5-12(13)14/h1-11H,(H,19,20,22,23). The molecule has 0 radical (unpaired) electrons. The van der Waals surface area contributed by atoms with E-state index in [0.717, 1.165) is 21.5 Å². The van der Waals surface area contributed by atoms with Crippen molar-refractivity contribution in [2.45, 2.75) is 0 Å². The first kappa shape index (κ1) is 14.5. The molecule has 0 aliphatic rings. The maximum absolute atomic E-state index is 12.7. The highest BCUT2D eigenvalue weighted by atomic mass is 32.1. The van der Waals surface area contributed by atoms with Gasteiger partial charge in [-0.05, 0) is 29.6 Å². The number of nitrogens with one attached hydrogen (secondary N) is 1. The van der Waals surface area contributed by atoms with Crippen molar-refractivity contribution in [3.8, 4) is 10.6 Å². The van der Waals surface area contributed by atoms with Gasteiger partial charge in [0.2, 0.25) is 5.95 Å². The highest BCUT2D eigenvalue weighted by Gasteiger charge is 2.15. The van der Waals surface area contributed by atoms with Gasteiger partial charge in [-0.1, -0.05) is 24.3 Å². The van der Waals surface area contributed by atoms with E-state index in [0.29, 0.717) is 5.56 Å². The molecule has 0 fully saturated rings. The number of hydrogen-bond donors (Lipinski definition) is 1. The molecule has 0 aliphatic carbocycles. The molecule has 3 aromatic heterocycles. The molecule has 0 atom stereocenters. The lowest BCUT2D eigenvalue weighted by molar-refractivity contribution is 0.102. The van der Waals surface area contributed by atoms with Gasteiger partial charge in [-0.15, -0.1) is 11.3 Å². The third kappa shape index (κ3) is 2.75. The van der Waals surface area contributed by atoms with Crippen molar-refractivity contribution in [3.05, 3.63) is 71.9 Å². The van der Waals surface area contributed by atoms with Crippen LogP contribution in [-0.4, -0.2) is 20.9 Å². The zero-order chi connectivity index (χ0) is 16.4. The van der Waals surface area contributed by atoms with E-state index in [1.54, 1.807) is 29.8 Å². The Morgan fingerprint density at radius 1 is 1.00 bits per heavy atom. The fourth-order valence-corrected chi connectivity index (χ4v) is 3.13. The number of carbonyl (C=O) groups is 1. The van der Waals surface area contributed by atoms with Crippen LogP contribution in [0.15, 0.2) is 66.3 Å². The van der Waals surface area contributed by atoms with Crippen LogP contribution in [0.1, 0.15) is 10.4 Å². The first-order chi connectivity index (χ1) is 11.8. The number of aromatic nitrogens is 3. The topological polar surface area (TPSA) is 67.8 Å². The van der Waals surface area contributed by atoms with E-state index >= 15 is 0 Å². The molecule has 0 saturated carbocycles. The van der Waals surface area contributed by atoms with E-state index in [-0.39, 0.29) is 11.9 Å². The molecule has 1 N–H and O–H groups in total. The molecule has 0 spiro atoms. The van der Waals surface area contributed by atoms with Crippen LogP contribution >= 0.6 is 11.3 Å². The van der Waals surface area contributed by atoms with Crippen LogP contribution in [0.3, 0.4) is 0 Å². The number of nitrogens with zero attached hydrogens (tertiary/aromatic N) is 3. The average molecular weight is 332 g/mol. The lowest BCUT2D eigenvalue weighted by Crippen LogP contribution is -2.14. The Balaban J connectivity index is 1.82. The summed E-state index contributed by atoms with van der Waals surface area (Å²) in [5.41, 5.74) is 2.11. The molecule has 0 aliphatic heterocycles. The highest BCUT2D eigenvalue weighted by molar-refractivity contribution is 7.13. The Morgan fingerprint density at radius 2 is 1.83 bits per heavy atom. The second-order valence-corrected chi connectivity index (χ2v) is 6.02. The van der Waals surface area contributed by atoms with E-state index in [2.05, 4.69) is 20.3 Å². The second kappa shape index (κ2) is 6.17. The monoisotopic (exact) mass is 332 g/mol. The largest absolute Gasteiger partial charge is 0.290 e. The zero-order valence-electron chi connectivity index (χ0n) is 12.5. The number of carbonyl (C=O) groups excluding carboxylic acids is 1. The number of pyridine rings is 1. The molecule has 3 heterocycles. The van der Waals surface area contributed by atoms with Gasteiger partial charge in [0, 0.05) is 17.8 Å². The fraction of sp³-hybridized carbons (Fsp3) is 0. The Labute approximate surface area is 142 Å². The van der Waals surface area contributed by atoms with Crippen molar-refractivity contribution in [2.24, 2.45) is 0 Å². The summed E-state index contributed by atoms with van der Waals surface area (Å²) in [7, 11) is 0. The molecule has 0 unspecified atom stereocenters. The van der Waals surface area contributed by atoms with Gasteiger partial charge >= 0.3 is 0 Å². The van der Waals surface area contributed by atoms with Crippen LogP contribution in [0.25, 0.3) is 21.5 Å². The lowest BCUT2D eigenvalue weighted by atomic mass is 10.1. The maximum atomic E-state index is 12.7. The minimum Gasteiger partial charge on any atom is -0.290 e. The van der Waals surface area contributed by atoms with Crippen molar-refractivity contribution >= 4 is 34.1 Å². The third-order valence-corrected chi connectivity index (χ3v) is 4.42. The molecule has 0 saturated heterocycles. The number of fused-ring (bicyclic) bond motifs is 1. The summed E-state index contributed by atoms with van der Waals surface area (Å²) in [6.45, 7) is 0. The summed E-state index contributed by atoms with van der Waals surface area (Å²) in [6.07, 6.45) is 3.18. The first-order valence-electron chi connectivity index (χ1n) is 7.33. The van der Waals surface area contributed by atoms with Crippen LogP contribution in [0.4, 0.5) is 5.95 Å². The molecular formula is C18H12N4OS. The molecule has 4 aromatic rings. The smallest absolute Gasteiger partial charge is 0.258 e. The molecule has 6 heteroatoms. The Morgan fingerprint density at radius 3 is 2.62 bits per heavy atom. The van der Waals surface area contributed by atoms with Gasteiger partial charge in [-0.2, -0.15) is 0 Å². The third-order valence-electron chi connectivity index (χ3n) is 3.53. The predicted octanol–water partition coefficient (Wildman–Crippen LogP) is 4.01. The number of hydrogen-bond acceptors (Lipinski definition) is 5. The number of rotatable bonds is 3. The number of benzene rings is 1. The van der Waals surface area contributed by atoms with Crippen molar-refractivity contribution in [1.29, 1.82) is 0 Å². The summed E-state index contributed by atoms with van der Waals surface area (Å²) in [4.78, 5) is 26.5. The second-order valence-electron chi connectivity index (χ2n) is 5.08. The Hall–Kier alpha value is -3.12. The SMILES string of the molecule is O=C(Nc1ncccn1)c1cc(-c2cccs2)nc2ccccc12. The fourth-order valence-electron chi connectivity index (χ4n) is 2.45. The minimum absolute atomic E-state index is 0.252. The summed E-state index contributed by atoms with van der Waals surface area (Å²) >= 11 is 1.59. The highest BCUT2D eigenvalue weighted by Crippen LogP contribution is 2.28. The molecule has 1 amide bonds. The maximum Gasteiger partial charge on any atom is 0.258 e. The molecule has 1 aromatic carbocycles. The van der Waals surface area contributed by atoms with E-state index in [9.17, 15) is 4.79 Å². The molecule has 0 bridgehead atoms. The molecular weight excluding hydrogens is 320 g/mol. The Kier molecular flexibility index (Phi) is 3.72. The lowest BCUT2D eigenvalue weighted by Gasteiger charge is -2.09. The van der Waals surface area contributed by atoms with Gasteiger partial charge in [-0.25, -0.2) is 15.0 Å². The molecule has 116 valence electrons. The Bertz CT molecular complexity index is 1000. The summed E-state index contributed by atoms with van der Waals surface area (Å²) in [5.74, 6) is 0.0265. The number of anilines is 1. The van der Waals surface area contributed by atoms with Crippen LogP contribution < -0.4 is 5.32 Å². The van der Waals surface area contributed by atoms with Crippen molar-refractivity contribution in [3.63, 3.8) is 0 Å². The zero-order valence-corrected chi connectivity index (χ0v) is 13.3. The van der Waals surface area contributed by atoms with Gasteiger partial charge in [0.15, 0.2) is 0 Å². The van der Waals surface area contributed by atoms with E-state index < -0.39 is 0 Å². The van der Waals surface area contributed by atoms with E-state index in [1.807, 2.05) is 47.8 Å². The summed E-state index contributed by atoms with van der Waals surface area (Å²) in [5, 5.41) is 5.52. The van der Waals surface area contributed by atoms with Gasteiger partial charge in [0.1, 0.15) is 0 Å². The van der Waals surface area contributed by atoms with Crippen LogP contribution in [0, 0.1) is 0 Å². The predicted molar refractivity (Wildman–Crippen MR) is 95.0 cm³/mol. The van der Waals surface area contributed by atoms with Crippen molar-refractivity contribution in [1.82, 2.24) is 15.0 Å². The van der Waals surface area contributed by atoms with Crippen LogP contribution in [-0.2, 0) is 0 Å². The number of amides is 1. The first-order valence-corrected chi connectivity index (χ1v) is 8.21. The normalized spacial score (nSPS) is 10.7. The average Bonchev–Trinajstić information content (AvgIpc) is 3.16. The van der Waals surface area contributed by atoms with Gasteiger partial charge in [-0.3, -0.25) is 10.1 Å². The number of para-hydroxylation sites is 1. The summed E-state index contributed by atoms with van der Waals surface area (Å²) in [6, 6.07) is 15.1. The molecule has 5 nitrogen and oxygen atoms in total. The van der Waals surface area contributed by atoms with Crippen LogP contribution in [0.5, 0.6) is 0 Å². The van der Waals surface area contributed by atoms with E-state index in [4.69, 9.17) is 0 Å². The van der Waals surface area contributed by atoms with Crippen molar-refractivity contribution < 1.29 is 4.79 Å². The molecule has 4 rings (SSSR count). The van der Waals surface area contributed by atoms with E-state index in [1.165, 1.54) is 0 Å². The number of thiophene rings is 1. The van der Waals surface area contributed by atoms with Crippen LogP contribution in [0.2, 0.25) is 0 Å². The quantitative estimate of drug-likeness (QED) is 0.615. The van der Waals surface area contributed by atoms with Gasteiger partial charge in [0.25, 0.3) is 5.91 Å². The van der Waals surface area contributed by atoms with Gasteiger partial charge in [0.05, 0.1) is 21.7 Å².